The van der Waals surface area contributed by atoms with Crippen molar-refractivity contribution in [3.8, 4) is 0 Å². The van der Waals surface area contributed by atoms with E-state index in [-0.39, 0.29) is 5.92 Å². The van der Waals surface area contributed by atoms with Crippen LogP contribution < -0.4 is 0 Å². The molecule has 114 valence electrons. The van der Waals surface area contributed by atoms with Gasteiger partial charge in [0.1, 0.15) is 0 Å². The van der Waals surface area contributed by atoms with Gasteiger partial charge in [-0.2, -0.15) is 0 Å². The first kappa shape index (κ1) is 14.6. The molecule has 1 heterocycles. The molecule has 0 radical (unpaired) electrons. The Labute approximate surface area is 127 Å². The highest BCUT2D eigenvalue weighted by Gasteiger charge is 2.29. The van der Waals surface area contributed by atoms with E-state index >= 15 is 0 Å². The van der Waals surface area contributed by atoms with Crippen molar-refractivity contribution in [1.82, 2.24) is 4.90 Å². The van der Waals surface area contributed by atoms with Crippen LogP contribution in [0.2, 0.25) is 0 Å². The predicted octanol–water partition coefficient (Wildman–Crippen LogP) is 3.25. The number of nitrogens with zero attached hydrogens (tertiary/aromatic N) is 1. The van der Waals surface area contributed by atoms with Crippen molar-refractivity contribution in [1.29, 1.82) is 0 Å². The number of rotatable bonds is 3. The number of aliphatic carboxylic acids is 1. The fraction of sp³-hybridized carbons (Fsp3) is 0.611. The molecule has 1 saturated heterocycles. The zero-order chi connectivity index (χ0) is 14.8. The third-order valence-electron chi connectivity index (χ3n) is 5.16. The largest absolute Gasteiger partial charge is 0.481 e. The van der Waals surface area contributed by atoms with Gasteiger partial charge in [0.2, 0.25) is 0 Å². The molecule has 2 aliphatic rings. The topological polar surface area (TPSA) is 40.5 Å². The van der Waals surface area contributed by atoms with E-state index in [1.54, 1.807) is 0 Å². The number of likely N-dealkylation sites (tertiary alicyclic amines) is 1. The minimum Gasteiger partial charge on any atom is -0.481 e. The van der Waals surface area contributed by atoms with Crippen molar-refractivity contribution < 1.29 is 9.90 Å². The first-order chi connectivity index (χ1) is 10.1. The van der Waals surface area contributed by atoms with E-state index in [1.807, 2.05) is 0 Å². The summed E-state index contributed by atoms with van der Waals surface area (Å²) in [7, 11) is 0. The fourth-order valence-corrected chi connectivity index (χ4v) is 3.72. The molecule has 3 rings (SSSR count). The van der Waals surface area contributed by atoms with Crippen LogP contribution in [0.3, 0.4) is 0 Å². The van der Waals surface area contributed by atoms with E-state index in [9.17, 15) is 9.90 Å². The smallest absolute Gasteiger partial charge is 0.307 e. The maximum atomic E-state index is 11.2. The van der Waals surface area contributed by atoms with Crippen LogP contribution in [0.25, 0.3) is 0 Å². The van der Waals surface area contributed by atoms with E-state index in [2.05, 4.69) is 30.0 Å². The molecular formula is C18H25NO2. The zero-order valence-corrected chi connectivity index (χ0v) is 12.8. The Morgan fingerprint density at radius 3 is 2.76 bits per heavy atom. The Balaban J connectivity index is 1.71. The second-order valence-electron chi connectivity index (χ2n) is 6.70. The minimum atomic E-state index is -0.641. The molecule has 2 atom stereocenters. The molecule has 21 heavy (non-hydrogen) atoms. The Kier molecular flexibility index (Phi) is 4.29. The number of carboxylic acid groups (broad SMARTS) is 1. The maximum absolute atomic E-state index is 11.2. The van der Waals surface area contributed by atoms with Gasteiger partial charge in [-0.15, -0.1) is 0 Å². The summed E-state index contributed by atoms with van der Waals surface area (Å²) in [5.41, 5.74) is 4.37. The molecule has 3 heteroatoms. The Bertz CT molecular complexity index is 526. The average molecular weight is 287 g/mol. The van der Waals surface area contributed by atoms with Gasteiger partial charge in [0.15, 0.2) is 0 Å². The molecule has 3 nitrogen and oxygen atoms in total. The number of benzene rings is 1. The van der Waals surface area contributed by atoms with Crippen LogP contribution >= 0.6 is 0 Å². The molecule has 1 aromatic rings. The summed E-state index contributed by atoms with van der Waals surface area (Å²) in [6.45, 7) is 3.79. The molecule has 0 aromatic heterocycles. The van der Waals surface area contributed by atoms with E-state index in [0.717, 1.165) is 19.4 Å². The van der Waals surface area contributed by atoms with Gasteiger partial charge < -0.3 is 5.11 Å². The summed E-state index contributed by atoms with van der Waals surface area (Å²) < 4.78 is 0. The molecule has 0 spiro atoms. The summed E-state index contributed by atoms with van der Waals surface area (Å²) in [6, 6.07) is 7.36. The first-order valence-electron chi connectivity index (χ1n) is 8.21. The van der Waals surface area contributed by atoms with Crippen molar-refractivity contribution in [3.05, 3.63) is 34.9 Å². The van der Waals surface area contributed by atoms with Crippen molar-refractivity contribution in [2.75, 3.05) is 6.54 Å². The highest BCUT2D eigenvalue weighted by molar-refractivity contribution is 5.70. The molecule has 1 N–H and O–H groups in total. The van der Waals surface area contributed by atoms with E-state index in [0.29, 0.717) is 12.6 Å². The minimum absolute atomic E-state index is 0.196. The molecule has 1 aliphatic heterocycles. The van der Waals surface area contributed by atoms with Crippen LogP contribution in [0.4, 0.5) is 0 Å². The van der Waals surface area contributed by atoms with Gasteiger partial charge in [-0.1, -0.05) is 18.2 Å². The van der Waals surface area contributed by atoms with Crippen LogP contribution in [0.15, 0.2) is 18.2 Å². The van der Waals surface area contributed by atoms with Crippen LogP contribution in [0, 0.1) is 5.92 Å². The lowest BCUT2D eigenvalue weighted by Crippen LogP contribution is -2.43. The second kappa shape index (κ2) is 6.18. The van der Waals surface area contributed by atoms with Crippen LogP contribution in [0.5, 0.6) is 0 Å². The van der Waals surface area contributed by atoms with Crippen molar-refractivity contribution in [2.45, 2.75) is 58.0 Å². The molecular weight excluding hydrogens is 262 g/mol. The summed E-state index contributed by atoms with van der Waals surface area (Å²) in [5.74, 6) is -0.837. The Morgan fingerprint density at radius 1 is 1.24 bits per heavy atom. The lowest BCUT2D eigenvalue weighted by atomic mass is 9.89. The molecule has 1 aromatic carbocycles. The van der Waals surface area contributed by atoms with Gasteiger partial charge in [0.25, 0.3) is 0 Å². The van der Waals surface area contributed by atoms with Gasteiger partial charge in [-0.3, -0.25) is 9.69 Å². The Morgan fingerprint density at radius 2 is 2.00 bits per heavy atom. The van der Waals surface area contributed by atoms with Crippen molar-refractivity contribution in [3.63, 3.8) is 0 Å². The molecule has 1 fully saturated rings. The normalized spacial score (nSPS) is 26.3. The number of piperidine rings is 1. The SMILES string of the molecule is CC1CCC(C(=O)O)CN1Cc1ccc2c(c1)CCCC2. The zero-order valence-electron chi connectivity index (χ0n) is 12.8. The van der Waals surface area contributed by atoms with E-state index in [4.69, 9.17) is 0 Å². The standard InChI is InChI=1S/C18H25NO2/c1-13-6-8-17(18(20)21)12-19(13)11-14-7-9-15-4-2-3-5-16(15)10-14/h7,9-10,13,17H,2-6,8,11-12H2,1H3,(H,20,21). The number of hydrogen-bond acceptors (Lipinski definition) is 2. The van der Waals surface area contributed by atoms with Gasteiger partial charge >= 0.3 is 5.97 Å². The lowest BCUT2D eigenvalue weighted by molar-refractivity contribution is -0.144. The first-order valence-corrected chi connectivity index (χ1v) is 8.21. The predicted molar refractivity (Wildman–Crippen MR) is 83.3 cm³/mol. The molecule has 1 aliphatic carbocycles. The Hall–Kier alpha value is -1.35. The summed E-state index contributed by atoms with van der Waals surface area (Å²) in [4.78, 5) is 13.6. The highest BCUT2D eigenvalue weighted by Crippen LogP contribution is 2.26. The fourth-order valence-electron chi connectivity index (χ4n) is 3.72. The van der Waals surface area contributed by atoms with Gasteiger partial charge in [0.05, 0.1) is 5.92 Å². The van der Waals surface area contributed by atoms with Gasteiger partial charge in [-0.05, 0) is 62.1 Å². The number of fused-ring (bicyclic) bond motifs is 1. The van der Waals surface area contributed by atoms with Crippen LogP contribution in [0.1, 0.15) is 49.3 Å². The lowest BCUT2D eigenvalue weighted by Gasteiger charge is -2.36. The number of carbonyl (C=O) groups is 1. The van der Waals surface area contributed by atoms with E-state index in [1.165, 1.54) is 42.4 Å². The van der Waals surface area contributed by atoms with Crippen molar-refractivity contribution in [2.24, 2.45) is 5.92 Å². The quantitative estimate of drug-likeness (QED) is 0.927. The molecule has 0 amide bonds. The average Bonchev–Trinajstić information content (AvgIpc) is 2.49. The second-order valence-corrected chi connectivity index (χ2v) is 6.70. The third-order valence-corrected chi connectivity index (χ3v) is 5.16. The third kappa shape index (κ3) is 3.29. The summed E-state index contributed by atoms with van der Waals surface area (Å²) in [5, 5.41) is 9.24. The van der Waals surface area contributed by atoms with Gasteiger partial charge in [-0.25, -0.2) is 0 Å². The van der Waals surface area contributed by atoms with E-state index < -0.39 is 5.97 Å². The van der Waals surface area contributed by atoms with Crippen LogP contribution in [-0.4, -0.2) is 28.6 Å². The molecule has 0 bridgehead atoms. The molecule has 0 saturated carbocycles. The monoisotopic (exact) mass is 287 g/mol. The number of aryl methyl sites for hydroxylation is 2. The van der Waals surface area contributed by atoms with Gasteiger partial charge in [0, 0.05) is 19.1 Å². The highest BCUT2D eigenvalue weighted by atomic mass is 16.4. The number of hydrogen-bond donors (Lipinski definition) is 1. The van der Waals surface area contributed by atoms with Crippen LogP contribution in [-0.2, 0) is 24.2 Å². The maximum Gasteiger partial charge on any atom is 0.307 e. The summed E-state index contributed by atoms with van der Waals surface area (Å²) in [6.07, 6.45) is 6.85. The van der Waals surface area contributed by atoms with Crippen molar-refractivity contribution >= 4 is 5.97 Å². The molecule has 2 unspecified atom stereocenters. The number of carboxylic acids is 1. The summed E-state index contributed by atoms with van der Waals surface area (Å²) >= 11 is 0.